The van der Waals surface area contributed by atoms with Crippen molar-refractivity contribution >= 4 is 21.7 Å². The number of aliphatic imine (C=N–C) groups is 1. The lowest BCUT2D eigenvalue weighted by molar-refractivity contribution is -0.120. The van der Waals surface area contributed by atoms with Crippen LogP contribution in [0.1, 0.15) is 27.2 Å². The second kappa shape index (κ2) is 7.11. The Hall–Kier alpha value is -1.31. The van der Waals surface area contributed by atoms with E-state index in [9.17, 15) is 13.2 Å². The lowest BCUT2D eigenvalue weighted by Crippen LogP contribution is -2.57. The topological polar surface area (TPSA) is 90.9 Å². The summed E-state index contributed by atoms with van der Waals surface area (Å²) in [6.45, 7) is 7.35. The van der Waals surface area contributed by atoms with Crippen LogP contribution in [0.25, 0.3) is 0 Å². The normalized spacial score (nSPS) is 21.0. The molecular formula is C13H26N4O3S. The predicted octanol–water partition coefficient (Wildman–Crippen LogP) is -0.403. The average molecular weight is 318 g/mol. The van der Waals surface area contributed by atoms with Crippen LogP contribution < -0.4 is 10.6 Å². The molecule has 8 heteroatoms. The maximum absolute atomic E-state index is 12.0. The van der Waals surface area contributed by atoms with Crippen LogP contribution in [0.3, 0.4) is 0 Å². The maximum atomic E-state index is 12.0. The third-order valence-corrected chi connectivity index (χ3v) is 6.09. The van der Waals surface area contributed by atoms with E-state index in [1.165, 1.54) is 0 Å². The molecule has 1 saturated heterocycles. The van der Waals surface area contributed by atoms with Crippen molar-refractivity contribution in [1.29, 1.82) is 0 Å². The zero-order valence-electron chi connectivity index (χ0n) is 13.3. The molecule has 1 aliphatic heterocycles. The summed E-state index contributed by atoms with van der Waals surface area (Å²) in [6, 6.07) is 0. The van der Waals surface area contributed by atoms with Gasteiger partial charge in [0.25, 0.3) is 0 Å². The van der Waals surface area contributed by atoms with E-state index in [1.54, 1.807) is 20.9 Å². The van der Waals surface area contributed by atoms with E-state index in [2.05, 4.69) is 15.6 Å². The van der Waals surface area contributed by atoms with Gasteiger partial charge in [-0.2, -0.15) is 0 Å². The molecule has 122 valence electrons. The summed E-state index contributed by atoms with van der Waals surface area (Å²) in [5.74, 6) is 0.736. The zero-order valence-corrected chi connectivity index (χ0v) is 14.1. The maximum Gasteiger partial charge on any atom is 0.221 e. The van der Waals surface area contributed by atoms with E-state index >= 15 is 0 Å². The van der Waals surface area contributed by atoms with Crippen molar-refractivity contribution in [1.82, 2.24) is 15.5 Å². The van der Waals surface area contributed by atoms with Gasteiger partial charge in [-0.1, -0.05) is 0 Å². The summed E-state index contributed by atoms with van der Waals surface area (Å²) in [5, 5.41) is 5.71. The van der Waals surface area contributed by atoms with Gasteiger partial charge in [0.2, 0.25) is 5.91 Å². The molecule has 1 heterocycles. The molecule has 1 rings (SSSR count). The first-order valence-corrected chi connectivity index (χ1v) is 8.85. The molecule has 1 aliphatic rings. The van der Waals surface area contributed by atoms with E-state index in [1.807, 2.05) is 11.8 Å². The van der Waals surface area contributed by atoms with Crippen molar-refractivity contribution in [2.24, 2.45) is 4.99 Å². The third-order valence-electron chi connectivity index (χ3n) is 3.56. The fourth-order valence-electron chi connectivity index (χ4n) is 2.14. The Morgan fingerprint density at radius 3 is 2.57 bits per heavy atom. The number of hydrogen-bond donors (Lipinski definition) is 2. The summed E-state index contributed by atoms with van der Waals surface area (Å²) in [7, 11) is -1.48. The Balaban J connectivity index is 2.77. The Kier molecular flexibility index (Phi) is 6.00. The van der Waals surface area contributed by atoms with Crippen molar-refractivity contribution in [3.05, 3.63) is 0 Å². The highest BCUT2D eigenvalue weighted by Gasteiger charge is 2.40. The lowest BCUT2D eigenvalue weighted by Gasteiger charge is -2.39. The lowest BCUT2D eigenvalue weighted by atomic mass is 10.2. The van der Waals surface area contributed by atoms with Gasteiger partial charge in [0, 0.05) is 33.1 Å². The second-order valence-corrected chi connectivity index (χ2v) is 8.40. The smallest absolute Gasteiger partial charge is 0.221 e. The van der Waals surface area contributed by atoms with E-state index in [-0.39, 0.29) is 11.7 Å². The van der Waals surface area contributed by atoms with Gasteiger partial charge >= 0.3 is 0 Å². The molecular weight excluding hydrogens is 292 g/mol. The molecule has 0 aromatic rings. The minimum Gasteiger partial charge on any atom is -0.359 e. The first-order valence-electron chi connectivity index (χ1n) is 7.19. The van der Waals surface area contributed by atoms with Crippen LogP contribution in [0.15, 0.2) is 4.99 Å². The molecule has 1 fully saturated rings. The number of guanidine groups is 1. The van der Waals surface area contributed by atoms with Crippen molar-refractivity contribution in [3.8, 4) is 0 Å². The number of carbonyl (C=O) groups excluding carboxylic acids is 1. The summed E-state index contributed by atoms with van der Waals surface area (Å²) < 4.78 is 23.3. The van der Waals surface area contributed by atoms with Gasteiger partial charge in [-0.15, -0.1) is 0 Å². The van der Waals surface area contributed by atoms with Gasteiger partial charge in [0.1, 0.15) is 0 Å². The Bertz CT molecular complexity index is 500. The summed E-state index contributed by atoms with van der Waals surface area (Å²) in [6.07, 6.45) is 0.320. The van der Waals surface area contributed by atoms with Gasteiger partial charge in [-0.05, 0) is 20.8 Å². The summed E-state index contributed by atoms with van der Waals surface area (Å²) >= 11 is 0. The van der Waals surface area contributed by atoms with Gasteiger partial charge in [-0.25, -0.2) is 8.42 Å². The molecule has 7 nitrogen and oxygen atoms in total. The van der Waals surface area contributed by atoms with E-state index in [0.717, 1.165) is 0 Å². The molecule has 0 atom stereocenters. The van der Waals surface area contributed by atoms with Crippen molar-refractivity contribution in [2.75, 3.05) is 39.0 Å². The Labute approximate surface area is 127 Å². The number of nitrogens with zero attached hydrogens (tertiary/aromatic N) is 2. The number of nitrogens with one attached hydrogen (secondary N) is 2. The molecule has 0 bridgehead atoms. The fraction of sp³-hybridized carbons (Fsp3) is 0.846. The highest BCUT2D eigenvalue weighted by atomic mass is 32.2. The van der Waals surface area contributed by atoms with Crippen molar-refractivity contribution in [2.45, 2.75) is 31.9 Å². The van der Waals surface area contributed by atoms with Crippen LogP contribution in [0.5, 0.6) is 0 Å². The van der Waals surface area contributed by atoms with Crippen LogP contribution in [-0.2, 0) is 14.6 Å². The molecule has 0 unspecified atom stereocenters. The summed E-state index contributed by atoms with van der Waals surface area (Å²) in [4.78, 5) is 17.6. The van der Waals surface area contributed by atoms with Gasteiger partial charge in [0.05, 0.1) is 17.0 Å². The van der Waals surface area contributed by atoms with Crippen LogP contribution in [0.4, 0.5) is 0 Å². The van der Waals surface area contributed by atoms with Gasteiger partial charge in [0.15, 0.2) is 15.8 Å². The quantitative estimate of drug-likeness (QED) is 0.543. The molecule has 0 radical (unpaired) electrons. The summed E-state index contributed by atoms with van der Waals surface area (Å²) in [5.41, 5.74) is 0. The molecule has 1 amide bonds. The molecule has 0 spiro atoms. The van der Waals surface area contributed by atoms with Gasteiger partial charge < -0.3 is 15.5 Å². The Morgan fingerprint density at radius 2 is 2.05 bits per heavy atom. The van der Waals surface area contributed by atoms with E-state index in [4.69, 9.17) is 0 Å². The molecule has 0 aliphatic carbocycles. The highest BCUT2D eigenvalue weighted by Crippen LogP contribution is 2.23. The molecule has 2 N–H and O–H groups in total. The Morgan fingerprint density at radius 1 is 1.38 bits per heavy atom. The second-order valence-electron chi connectivity index (χ2n) is 5.66. The minimum atomic E-state index is -3.07. The number of carbonyl (C=O) groups is 1. The average Bonchev–Trinajstić information content (AvgIpc) is 2.40. The van der Waals surface area contributed by atoms with E-state index in [0.29, 0.717) is 38.6 Å². The first kappa shape index (κ1) is 17.7. The molecule has 0 aromatic carbocycles. The predicted molar refractivity (Wildman–Crippen MR) is 84.1 cm³/mol. The van der Waals surface area contributed by atoms with Crippen LogP contribution in [-0.4, -0.2) is 68.9 Å². The largest absolute Gasteiger partial charge is 0.359 e. The first-order chi connectivity index (χ1) is 9.73. The molecule has 21 heavy (non-hydrogen) atoms. The fourth-order valence-corrected chi connectivity index (χ4v) is 3.50. The van der Waals surface area contributed by atoms with Crippen LogP contribution in [0.2, 0.25) is 0 Å². The number of amides is 1. The third kappa shape index (κ3) is 4.59. The van der Waals surface area contributed by atoms with Crippen molar-refractivity contribution < 1.29 is 13.2 Å². The number of hydrogen-bond acceptors (Lipinski definition) is 4. The monoisotopic (exact) mass is 318 g/mol. The van der Waals surface area contributed by atoms with Crippen molar-refractivity contribution in [3.63, 3.8) is 0 Å². The molecule has 0 aromatic heterocycles. The van der Waals surface area contributed by atoms with Crippen LogP contribution in [0, 0.1) is 0 Å². The number of rotatable bonds is 4. The van der Waals surface area contributed by atoms with E-state index < -0.39 is 14.6 Å². The SMILES string of the molecule is CCNC(=NCCC(=O)NC)N1CCS(=O)(=O)C(C)(C)C1. The zero-order chi connectivity index (χ0) is 16.1. The standard InChI is InChI=1S/C13H26N4O3S/c1-5-15-12(16-7-6-11(18)14-4)17-8-9-21(19,20)13(2,3)10-17/h5-10H2,1-4H3,(H,14,18)(H,15,16). The number of sulfone groups is 1. The molecule has 0 saturated carbocycles. The minimum absolute atomic E-state index is 0.0591. The van der Waals surface area contributed by atoms with Crippen LogP contribution >= 0.6 is 0 Å². The van der Waals surface area contributed by atoms with Gasteiger partial charge in [-0.3, -0.25) is 9.79 Å². The highest BCUT2D eigenvalue weighted by molar-refractivity contribution is 7.92.